The van der Waals surface area contributed by atoms with Crippen LogP contribution in [0.25, 0.3) is 11.0 Å². The number of ether oxygens (including phenoxy) is 1. The Bertz CT molecular complexity index is 908. The van der Waals surface area contributed by atoms with Crippen molar-refractivity contribution < 1.29 is 18.7 Å². The number of amides is 2. The van der Waals surface area contributed by atoms with E-state index in [1.807, 2.05) is 0 Å². The van der Waals surface area contributed by atoms with Gasteiger partial charge in [-0.3, -0.25) is 9.59 Å². The third kappa shape index (κ3) is 3.46. The lowest BCUT2D eigenvalue weighted by Crippen LogP contribution is -2.45. The normalized spacial score (nSPS) is 17.0. The largest absolute Gasteiger partial charge is 0.482 e. The maximum atomic E-state index is 12.3. The summed E-state index contributed by atoms with van der Waals surface area (Å²) in [5.74, 6) is -0.638. The minimum absolute atomic E-state index is 0.228. The highest BCUT2D eigenvalue weighted by Crippen LogP contribution is 2.31. The van der Waals surface area contributed by atoms with Crippen molar-refractivity contribution in [1.29, 1.82) is 0 Å². The lowest BCUT2D eigenvalue weighted by molar-refractivity contribution is -0.138. The SMILES string of the molecule is Cc1cc(=O)oc2cc(OCC(=O)N3CCCC3C(N)=O)c(Cl)cc12. The monoisotopic (exact) mass is 364 g/mol. The molecule has 8 heteroatoms. The standard InChI is InChI=1S/C17H17ClN2O5/c1-9-5-16(22)25-13-7-14(11(18)6-10(9)13)24-8-15(21)20-4-2-3-12(20)17(19)23/h5-7,12H,2-4,8H2,1H3,(H2,19,23). The molecule has 25 heavy (non-hydrogen) atoms. The molecular formula is C17H17ClN2O5. The number of benzene rings is 1. The number of rotatable bonds is 4. The summed E-state index contributed by atoms with van der Waals surface area (Å²) in [5, 5.41) is 0.988. The number of carbonyl (C=O) groups is 2. The molecule has 0 bridgehead atoms. The molecule has 1 unspecified atom stereocenters. The zero-order valence-electron chi connectivity index (χ0n) is 13.6. The number of fused-ring (bicyclic) bond motifs is 1. The topological polar surface area (TPSA) is 103 Å². The Hall–Kier alpha value is -2.54. The molecule has 0 saturated carbocycles. The van der Waals surface area contributed by atoms with Crippen molar-refractivity contribution in [2.24, 2.45) is 5.73 Å². The Kier molecular flexibility index (Phi) is 4.67. The molecule has 1 atom stereocenters. The van der Waals surface area contributed by atoms with E-state index in [0.29, 0.717) is 29.0 Å². The van der Waals surface area contributed by atoms with Gasteiger partial charge >= 0.3 is 5.63 Å². The fourth-order valence-corrected chi connectivity index (χ4v) is 3.23. The molecule has 1 fully saturated rings. The van der Waals surface area contributed by atoms with Crippen LogP contribution in [0.2, 0.25) is 5.02 Å². The molecule has 0 radical (unpaired) electrons. The van der Waals surface area contributed by atoms with Gasteiger partial charge < -0.3 is 19.8 Å². The predicted octanol–water partition coefficient (Wildman–Crippen LogP) is 1.61. The second-order valence-electron chi connectivity index (χ2n) is 5.96. The molecule has 2 amide bonds. The van der Waals surface area contributed by atoms with Gasteiger partial charge in [0.15, 0.2) is 6.61 Å². The van der Waals surface area contributed by atoms with E-state index < -0.39 is 17.6 Å². The second kappa shape index (κ2) is 6.76. The summed E-state index contributed by atoms with van der Waals surface area (Å²) in [4.78, 5) is 36.6. The highest BCUT2D eigenvalue weighted by Gasteiger charge is 2.32. The molecule has 3 rings (SSSR count). The zero-order valence-corrected chi connectivity index (χ0v) is 14.3. The van der Waals surface area contributed by atoms with Crippen LogP contribution < -0.4 is 16.1 Å². The van der Waals surface area contributed by atoms with Crippen molar-refractivity contribution in [2.45, 2.75) is 25.8 Å². The van der Waals surface area contributed by atoms with Crippen molar-refractivity contribution in [3.05, 3.63) is 39.2 Å². The summed E-state index contributed by atoms with van der Waals surface area (Å²) in [6.45, 7) is 1.96. The van der Waals surface area contributed by atoms with E-state index in [1.165, 1.54) is 17.0 Å². The summed E-state index contributed by atoms with van der Waals surface area (Å²) >= 11 is 6.19. The van der Waals surface area contributed by atoms with Gasteiger partial charge in [0.05, 0.1) is 5.02 Å². The van der Waals surface area contributed by atoms with Crippen LogP contribution >= 0.6 is 11.6 Å². The summed E-state index contributed by atoms with van der Waals surface area (Å²) < 4.78 is 10.6. The molecular weight excluding hydrogens is 348 g/mol. The number of primary amides is 1. The van der Waals surface area contributed by atoms with Gasteiger partial charge in [0.25, 0.3) is 5.91 Å². The molecule has 2 aromatic rings. The van der Waals surface area contributed by atoms with E-state index in [2.05, 4.69) is 0 Å². The lowest BCUT2D eigenvalue weighted by atomic mass is 10.1. The highest BCUT2D eigenvalue weighted by atomic mass is 35.5. The minimum atomic E-state index is -0.594. The average molecular weight is 365 g/mol. The first-order valence-electron chi connectivity index (χ1n) is 7.82. The Morgan fingerprint density at radius 2 is 2.16 bits per heavy atom. The lowest BCUT2D eigenvalue weighted by Gasteiger charge is -2.22. The Labute approximate surface area is 148 Å². The Balaban J connectivity index is 1.79. The molecule has 1 aromatic heterocycles. The zero-order chi connectivity index (χ0) is 18.1. The molecule has 1 aromatic carbocycles. The maximum Gasteiger partial charge on any atom is 0.336 e. The van der Waals surface area contributed by atoms with E-state index in [-0.39, 0.29) is 18.3 Å². The Morgan fingerprint density at radius 3 is 2.88 bits per heavy atom. The van der Waals surface area contributed by atoms with E-state index in [0.717, 1.165) is 12.0 Å². The molecule has 0 aliphatic carbocycles. The quantitative estimate of drug-likeness (QED) is 0.830. The average Bonchev–Trinajstić information content (AvgIpc) is 3.03. The third-order valence-corrected chi connectivity index (χ3v) is 4.55. The van der Waals surface area contributed by atoms with Crippen molar-refractivity contribution >= 4 is 34.4 Å². The van der Waals surface area contributed by atoms with E-state index in [4.69, 9.17) is 26.5 Å². The van der Waals surface area contributed by atoms with Crippen molar-refractivity contribution in [1.82, 2.24) is 4.90 Å². The van der Waals surface area contributed by atoms with Gasteiger partial charge in [-0.25, -0.2) is 4.79 Å². The summed E-state index contributed by atoms with van der Waals surface area (Å²) in [7, 11) is 0. The van der Waals surface area contributed by atoms with E-state index in [9.17, 15) is 14.4 Å². The van der Waals surface area contributed by atoms with Crippen LogP contribution in [0, 0.1) is 6.92 Å². The smallest absolute Gasteiger partial charge is 0.336 e. The maximum absolute atomic E-state index is 12.3. The second-order valence-corrected chi connectivity index (χ2v) is 6.37. The predicted molar refractivity (Wildman–Crippen MR) is 91.7 cm³/mol. The number of halogens is 1. The van der Waals surface area contributed by atoms with Gasteiger partial charge in [-0.05, 0) is 31.4 Å². The van der Waals surface area contributed by atoms with Gasteiger partial charge in [0, 0.05) is 24.1 Å². The van der Waals surface area contributed by atoms with Crippen LogP contribution in [0.4, 0.5) is 0 Å². The third-order valence-electron chi connectivity index (χ3n) is 4.26. The van der Waals surface area contributed by atoms with Crippen LogP contribution in [-0.4, -0.2) is 35.9 Å². The molecule has 1 aliphatic rings. The van der Waals surface area contributed by atoms with Crippen LogP contribution in [-0.2, 0) is 9.59 Å². The van der Waals surface area contributed by atoms with Crippen molar-refractivity contribution in [3.8, 4) is 5.75 Å². The first kappa shape index (κ1) is 17.3. The summed E-state index contributed by atoms with van der Waals surface area (Å²) in [5.41, 5.74) is 5.90. The summed E-state index contributed by atoms with van der Waals surface area (Å²) in [6.07, 6.45) is 1.28. The molecule has 7 nitrogen and oxygen atoms in total. The number of nitrogens with two attached hydrogens (primary N) is 1. The van der Waals surface area contributed by atoms with Gasteiger partial charge in [0.2, 0.25) is 5.91 Å². The molecule has 2 N–H and O–H groups in total. The number of carbonyl (C=O) groups excluding carboxylic acids is 2. The van der Waals surface area contributed by atoms with Crippen LogP contribution in [0.3, 0.4) is 0 Å². The van der Waals surface area contributed by atoms with E-state index >= 15 is 0 Å². The number of hydrogen-bond donors (Lipinski definition) is 1. The molecule has 0 spiro atoms. The van der Waals surface area contributed by atoms with Crippen molar-refractivity contribution in [2.75, 3.05) is 13.2 Å². The van der Waals surface area contributed by atoms with Gasteiger partial charge in [-0.15, -0.1) is 0 Å². The van der Waals surface area contributed by atoms with E-state index in [1.54, 1.807) is 13.0 Å². The molecule has 2 heterocycles. The molecule has 1 aliphatic heterocycles. The first-order chi connectivity index (χ1) is 11.9. The van der Waals surface area contributed by atoms with Crippen LogP contribution in [0.1, 0.15) is 18.4 Å². The fraction of sp³-hybridized carbons (Fsp3) is 0.353. The number of nitrogens with zero attached hydrogens (tertiary/aromatic N) is 1. The fourth-order valence-electron chi connectivity index (χ4n) is 3.01. The van der Waals surface area contributed by atoms with Gasteiger partial charge in [-0.2, -0.15) is 0 Å². The minimum Gasteiger partial charge on any atom is -0.482 e. The Morgan fingerprint density at radius 1 is 1.40 bits per heavy atom. The van der Waals surface area contributed by atoms with Crippen LogP contribution in [0.15, 0.2) is 27.4 Å². The van der Waals surface area contributed by atoms with Gasteiger partial charge in [0.1, 0.15) is 17.4 Å². The number of hydrogen-bond acceptors (Lipinski definition) is 5. The summed E-state index contributed by atoms with van der Waals surface area (Å²) in [6, 6.07) is 3.88. The van der Waals surface area contributed by atoms with Crippen molar-refractivity contribution in [3.63, 3.8) is 0 Å². The van der Waals surface area contributed by atoms with Gasteiger partial charge in [-0.1, -0.05) is 11.6 Å². The number of aryl methyl sites for hydroxylation is 1. The highest BCUT2D eigenvalue weighted by molar-refractivity contribution is 6.32. The molecule has 1 saturated heterocycles. The first-order valence-corrected chi connectivity index (χ1v) is 8.20. The van der Waals surface area contributed by atoms with Crippen LogP contribution in [0.5, 0.6) is 5.75 Å². The molecule has 132 valence electrons. The number of likely N-dealkylation sites (tertiary alicyclic amines) is 1.